The number of amides is 1. The van der Waals surface area contributed by atoms with Crippen molar-refractivity contribution in [1.29, 1.82) is 5.26 Å². The molecule has 136 valence electrons. The van der Waals surface area contributed by atoms with Crippen LogP contribution in [-0.2, 0) is 14.8 Å². The third-order valence-electron chi connectivity index (χ3n) is 3.88. The summed E-state index contributed by atoms with van der Waals surface area (Å²) in [5.41, 5.74) is 2.50. The fraction of sp³-hybridized carbons (Fsp3) is 0.222. The number of rotatable bonds is 5. The number of aryl methyl sites for hydroxylation is 2. The molecule has 0 saturated heterocycles. The molecule has 0 heterocycles. The van der Waals surface area contributed by atoms with Crippen molar-refractivity contribution in [3.63, 3.8) is 0 Å². The summed E-state index contributed by atoms with van der Waals surface area (Å²) in [6.07, 6.45) is 0. The predicted molar refractivity (Wildman–Crippen MR) is 101 cm³/mol. The Morgan fingerprint density at radius 1 is 1.23 bits per heavy atom. The van der Waals surface area contributed by atoms with E-state index in [0.717, 1.165) is 15.4 Å². The first kappa shape index (κ1) is 19.9. The predicted octanol–water partition coefficient (Wildman–Crippen LogP) is 3.09. The van der Waals surface area contributed by atoms with Crippen LogP contribution in [0.2, 0.25) is 5.02 Å². The molecule has 6 nitrogen and oxygen atoms in total. The van der Waals surface area contributed by atoms with E-state index >= 15 is 0 Å². The SMILES string of the molecule is Cc1cccc(C)c1NC(=O)CN(C)S(=O)(=O)c1ccc(Cl)c(C#N)c1. The van der Waals surface area contributed by atoms with E-state index in [0.29, 0.717) is 5.69 Å². The number of hydrogen-bond donors (Lipinski definition) is 1. The van der Waals surface area contributed by atoms with Gasteiger partial charge in [0.1, 0.15) is 6.07 Å². The van der Waals surface area contributed by atoms with Gasteiger partial charge in [0.2, 0.25) is 15.9 Å². The highest BCUT2D eigenvalue weighted by Gasteiger charge is 2.24. The first-order valence-electron chi connectivity index (χ1n) is 7.69. The summed E-state index contributed by atoms with van der Waals surface area (Å²) in [4.78, 5) is 12.2. The second kappa shape index (κ2) is 7.87. The number of hydrogen-bond acceptors (Lipinski definition) is 4. The minimum atomic E-state index is -3.93. The van der Waals surface area contributed by atoms with Gasteiger partial charge >= 0.3 is 0 Å². The normalized spacial score (nSPS) is 11.2. The summed E-state index contributed by atoms with van der Waals surface area (Å²) < 4.78 is 26.2. The van der Waals surface area contributed by atoms with E-state index < -0.39 is 15.9 Å². The number of para-hydroxylation sites is 1. The van der Waals surface area contributed by atoms with E-state index in [4.69, 9.17) is 16.9 Å². The molecule has 0 spiro atoms. The molecule has 0 unspecified atom stereocenters. The highest BCUT2D eigenvalue weighted by molar-refractivity contribution is 7.89. The smallest absolute Gasteiger partial charge is 0.243 e. The molecule has 0 aliphatic carbocycles. The summed E-state index contributed by atoms with van der Waals surface area (Å²) in [6, 6.07) is 11.3. The van der Waals surface area contributed by atoms with Crippen molar-refractivity contribution < 1.29 is 13.2 Å². The summed E-state index contributed by atoms with van der Waals surface area (Å²) in [7, 11) is -2.63. The van der Waals surface area contributed by atoms with E-state index in [2.05, 4.69) is 5.32 Å². The summed E-state index contributed by atoms with van der Waals surface area (Å²) >= 11 is 5.84. The standard InChI is InChI=1S/C18H18ClN3O3S/c1-12-5-4-6-13(2)18(12)21-17(23)11-22(3)26(24,25)15-7-8-16(19)14(9-15)10-20/h4-9H,11H2,1-3H3,(H,21,23). The second-order valence-corrected chi connectivity index (χ2v) is 8.28. The molecule has 0 radical (unpaired) electrons. The number of nitrogens with one attached hydrogen (secondary N) is 1. The zero-order valence-corrected chi connectivity index (χ0v) is 16.1. The van der Waals surface area contributed by atoms with Crippen LogP contribution in [0.1, 0.15) is 16.7 Å². The van der Waals surface area contributed by atoms with Crippen LogP contribution >= 0.6 is 11.6 Å². The Hall–Kier alpha value is -2.40. The maximum atomic E-state index is 12.6. The van der Waals surface area contributed by atoms with Crippen LogP contribution in [0.15, 0.2) is 41.3 Å². The van der Waals surface area contributed by atoms with Gasteiger partial charge in [0.15, 0.2) is 0 Å². The molecule has 2 rings (SSSR count). The highest BCUT2D eigenvalue weighted by Crippen LogP contribution is 2.22. The van der Waals surface area contributed by atoms with E-state index in [1.54, 1.807) is 0 Å². The van der Waals surface area contributed by atoms with Gasteiger partial charge in [0.25, 0.3) is 0 Å². The lowest BCUT2D eigenvalue weighted by atomic mass is 10.1. The molecule has 0 bridgehead atoms. The van der Waals surface area contributed by atoms with Crippen LogP contribution in [0.5, 0.6) is 0 Å². The Labute approximate surface area is 158 Å². The van der Waals surface area contributed by atoms with Crippen LogP contribution in [0.3, 0.4) is 0 Å². The van der Waals surface area contributed by atoms with Gasteiger partial charge in [-0.25, -0.2) is 8.42 Å². The van der Waals surface area contributed by atoms with Gasteiger partial charge in [0, 0.05) is 12.7 Å². The number of likely N-dealkylation sites (N-methyl/N-ethyl adjacent to an activating group) is 1. The van der Waals surface area contributed by atoms with Crippen LogP contribution in [0.4, 0.5) is 5.69 Å². The number of halogens is 1. The average Bonchev–Trinajstić information content (AvgIpc) is 2.58. The summed E-state index contributed by atoms with van der Waals surface area (Å²) in [5.74, 6) is -0.456. The molecule has 2 aromatic carbocycles. The lowest BCUT2D eigenvalue weighted by Gasteiger charge is -2.18. The van der Waals surface area contributed by atoms with Gasteiger partial charge in [0.05, 0.1) is 22.0 Å². The van der Waals surface area contributed by atoms with Crippen LogP contribution in [-0.4, -0.2) is 32.2 Å². The second-order valence-electron chi connectivity index (χ2n) is 5.83. The fourth-order valence-corrected chi connectivity index (χ4v) is 3.72. The fourth-order valence-electron chi connectivity index (χ4n) is 2.41. The molecule has 1 amide bonds. The topological polar surface area (TPSA) is 90.3 Å². The minimum absolute atomic E-state index is 0.0566. The van der Waals surface area contributed by atoms with Gasteiger partial charge < -0.3 is 5.32 Å². The van der Waals surface area contributed by atoms with Gasteiger partial charge in [-0.1, -0.05) is 29.8 Å². The molecule has 0 atom stereocenters. The number of carbonyl (C=O) groups is 1. The molecule has 0 aliphatic heterocycles. The van der Waals surface area contributed by atoms with Crippen molar-refractivity contribution >= 4 is 33.2 Å². The molecular weight excluding hydrogens is 374 g/mol. The molecule has 26 heavy (non-hydrogen) atoms. The Bertz CT molecular complexity index is 977. The Balaban J connectivity index is 2.19. The lowest BCUT2D eigenvalue weighted by molar-refractivity contribution is -0.116. The maximum Gasteiger partial charge on any atom is 0.243 e. The van der Waals surface area contributed by atoms with Crippen LogP contribution < -0.4 is 5.32 Å². The number of nitrogens with zero attached hydrogens (tertiary/aromatic N) is 2. The van der Waals surface area contributed by atoms with Gasteiger partial charge in [-0.3, -0.25) is 4.79 Å². The Morgan fingerprint density at radius 2 is 1.85 bits per heavy atom. The summed E-state index contributed by atoms with van der Waals surface area (Å²) in [5, 5.41) is 11.9. The molecule has 0 aliphatic rings. The van der Waals surface area contributed by atoms with Crippen molar-refractivity contribution in [2.75, 3.05) is 18.9 Å². The minimum Gasteiger partial charge on any atom is -0.324 e. The van der Waals surface area contributed by atoms with Crippen molar-refractivity contribution in [1.82, 2.24) is 4.31 Å². The first-order valence-corrected chi connectivity index (χ1v) is 9.50. The molecule has 0 saturated carbocycles. The van der Waals surface area contributed by atoms with Crippen molar-refractivity contribution in [2.45, 2.75) is 18.7 Å². The van der Waals surface area contributed by atoms with E-state index in [1.165, 1.54) is 25.2 Å². The zero-order chi connectivity index (χ0) is 19.5. The van der Waals surface area contributed by atoms with Crippen molar-refractivity contribution in [2.24, 2.45) is 0 Å². The third-order valence-corrected chi connectivity index (χ3v) is 6.01. The Kier molecular flexibility index (Phi) is 6.03. The molecule has 2 aromatic rings. The summed E-state index contributed by atoms with van der Waals surface area (Å²) in [6.45, 7) is 3.36. The highest BCUT2D eigenvalue weighted by atomic mass is 35.5. The molecular formula is C18H18ClN3O3S. The molecule has 8 heteroatoms. The van der Waals surface area contributed by atoms with Gasteiger partial charge in [-0.15, -0.1) is 0 Å². The number of sulfonamides is 1. The number of anilines is 1. The lowest BCUT2D eigenvalue weighted by Crippen LogP contribution is -2.35. The number of benzene rings is 2. The molecule has 0 fully saturated rings. The Morgan fingerprint density at radius 3 is 2.42 bits per heavy atom. The maximum absolute atomic E-state index is 12.6. The largest absolute Gasteiger partial charge is 0.324 e. The average molecular weight is 392 g/mol. The molecule has 0 aromatic heterocycles. The number of carbonyl (C=O) groups excluding carboxylic acids is 1. The van der Waals surface area contributed by atoms with Crippen molar-refractivity contribution in [3.8, 4) is 6.07 Å². The van der Waals surface area contributed by atoms with E-state index in [-0.39, 0.29) is 22.0 Å². The van der Waals surface area contributed by atoms with Gasteiger partial charge in [-0.2, -0.15) is 9.57 Å². The monoisotopic (exact) mass is 391 g/mol. The quantitative estimate of drug-likeness (QED) is 0.847. The van der Waals surface area contributed by atoms with Crippen LogP contribution in [0, 0.1) is 25.2 Å². The van der Waals surface area contributed by atoms with Gasteiger partial charge in [-0.05, 0) is 43.2 Å². The van der Waals surface area contributed by atoms with Crippen molar-refractivity contribution in [3.05, 3.63) is 58.1 Å². The number of nitriles is 1. The third kappa shape index (κ3) is 4.22. The first-order chi connectivity index (χ1) is 12.2. The van der Waals surface area contributed by atoms with E-state index in [9.17, 15) is 13.2 Å². The van der Waals surface area contributed by atoms with Crippen LogP contribution in [0.25, 0.3) is 0 Å². The zero-order valence-electron chi connectivity index (χ0n) is 14.6. The molecule has 1 N–H and O–H groups in total. The van der Waals surface area contributed by atoms with E-state index in [1.807, 2.05) is 38.1 Å².